The quantitative estimate of drug-likeness (QED) is 0.663. The molecule has 3 heterocycles. The molecule has 0 unspecified atom stereocenters. The van der Waals surface area contributed by atoms with Gasteiger partial charge in [-0.1, -0.05) is 6.92 Å². The van der Waals surface area contributed by atoms with Crippen molar-refractivity contribution >= 4 is 33.3 Å². The lowest BCUT2D eigenvalue weighted by atomic mass is 9.89. The van der Waals surface area contributed by atoms with Gasteiger partial charge in [0.2, 0.25) is 5.89 Å². The summed E-state index contributed by atoms with van der Waals surface area (Å²) in [6.45, 7) is 2.33. The predicted octanol–water partition coefficient (Wildman–Crippen LogP) is 4.23. The number of aryl methyl sites for hydroxylation is 1. The van der Waals surface area contributed by atoms with Gasteiger partial charge in [0.05, 0.1) is 0 Å². The van der Waals surface area contributed by atoms with E-state index in [0.717, 1.165) is 34.5 Å². The van der Waals surface area contributed by atoms with Crippen LogP contribution in [0.4, 0.5) is 0 Å². The molecule has 0 aromatic carbocycles. The first-order chi connectivity index (χ1) is 11.3. The Morgan fingerprint density at radius 2 is 2.13 bits per heavy atom. The topological polar surface area (TPSA) is 64.7 Å². The molecule has 7 heteroatoms. The third-order valence-corrected chi connectivity index (χ3v) is 6.59. The van der Waals surface area contributed by atoms with Gasteiger partial charge in [0, 0.05) is 16.2 Å². The van der Waals surface area contributed by atoms with Crippen molar-refractivity contribution in [1.29, 1.82) is 0 Å². The molecule has 5 rings (SSSR count). The second kappa shape index (κ2) is 5.27. The first kappa shape index (κ1) is 13.9. The van der Waals surface area contributed by atoms with Crippen LogP contribution in [-0.4, -0.2) is 20.2 Å². The van der Waals surface area contributed by atoms with Gasteiger partial charge in [-0.3, -0.25) is 0 Å². The fraction of sp³-hybridized carbons (Fsp3) is 0.500. The third-order valence-electron chi connectivity index (χ3n) is 4.59. The number of hydrogen-bond donors (Lipinski definition) is 0. The molecule has 2 aliphatic rings. The van der Waals surface area contributed by atoms with Crippen molar-refractivity contribution in [3.05, 3.63) is 22.7 Å². The highest BCUT2D eigenvalue weighted by atomic mass is 32.2. The van der Waals surface area contributed by atoms with Crippen molar-refractivity contribution in [1.82, 2.24) is 20.2 Å². The lowest BCUT2D eigenvalue weighted by molar-refractivity contribution is 0.414. The van der Waals surface area contributed by atoms with E-state index in [-0.39, 0.29) is 0 Å². The molecule has 2 aliphatic carbocycles. The van der Waals surface area contributed by atoms with E-state index in [2.05, 4.69) is 27.1 Å². The zero-order valence-electron chi connectivity index (χ0n) is 12.8. The van der Waals surface area contributed by atoms with Crippen LogP contribution in [0.25, 0.3) is 10.2 Å². The van der Waals surface area contributed by atoms with Crippen molar-refractivity contribution in [2.45, 2.75) is 55.2 Å². The molecular formula is C16H16N4OS2. The maximum atomic E-state index is 5.78. The SMILES string of the molecule is C[C@@H]1CCc2c(sc3ncnc(Sc4nnc(C5CC5)o4)c23)C1. The first-order valence-corrected chi connectivity index (χ1v) is 9.67. The number of aromatic nitrogens is 4. The number of fused-ring (bicyclic) bond motifs is 3. The highest BCUT2D eigenvalue weighted by molar-refractivity contribution is 7.99. The van der Waals surface area contributed by atoms with Crippen molar-refractivity contribution in [3.8, 4) is 0 Å². The maximum Gasteiger partial charge on any atom is 0.282 e. The minimum absolute atomic E-state index is 0.484. The van der Waals surface area contributed by atoms with E-state index in [1.54, 1.807) is 6.33 Å². The summed E-state index contributed by atoms with van der Waals surface area (Å²) in [5.74, 6) is 2.02. The zero-order valence-corrected chi connectivity index (χ0v) is 14.4. The van der Waals surface area contributed by atoms with Gasteiger partial charge >= 0.3 is 0 Å². The average molecular weight is 344 g/mol. The highest BCUT2D eigenvalue weighted by Crippen LogP contribution is 2.43. The molecule has 0 saturated heterocycles. The van der Waals surface area contributed by atoms with E-state index in [0.29, 0.717) is 11.1 Å². The average Bonchev–Trinajstić information content (AvgIpc) is 3.17. The minimum atomic E-state index is 0.484. The van der Waals surface area contributed by atoms with Gasteiger partial charge in [0.1, 0.15) is 16.2 Å². The second-order valence-electron chi connectivity index (χ2n) is 6.49. The molecule has 3 aromatic rings. The summed E-state index contributed by atoms with van der Waals surface area (Å²) in [5.41, 5.74) is 1.44. The summed E-state index contributed by atoms with van der Waals surface area (Å²) in [6.07, 6.45) is 7.50. The molecule has 1 fully saturated rings. The van der Waals surface area contributed by atoms with Crippen molar-refractivity contribution < 1.29 is 4.42 Å². The molecule has 1 atom stereocenters. The monoisotopic (exact) mass is 344 g/mol. The molecule has 0 aliphatic heterocycles. The van der Waals surface area contributed by atoms with Crippen LogP contribution >= 0.6 is 23.1 Å². The minimum Gasteiger partial charge on any atom is -0.415 e. The van der Waals surface area contributed by atoms with Crippen molar-refractivity contribution in [2.24, 2.45) is 5.92 Å². The van der Waals surface area contributed by atoms with Crippen LogP contribution in [0, 0.1) is 5.92 Å². The Morgan fingerprint density at radius 3 is 3.00 bits per heavy atom. The van der Waals surface area contributed by atoms with Gasteiger partial charge in [-0.15, -0.1) is 21.5 Å². The molecule has 0 spiro atoms. The normalized spacial score (nSPS) is 20.8. The summed E-state index contributed by atoms with van der Waals surface area (Å²) >= 11 is 3.29. The zero-order chi connectivity index (χ0) is 15.4. The summed E-state index contributed by atoms with van der Waals surface area (Å²) in [5, 5.41) is 11.1. The molecule has 118 valence electrons. The first-order valence-electron chi connectivity index (χ1n) is 8.04. The highest BCUT2D eigenvalue weighted by Gasteiger charge is 2.30. The number of thiophene rings is 1. The van der Waals surface area contributed by atoms with E-state index >= 15 is 0 Å². The van der Waals surface area contributed by atoms with E-state index in [9.17, 15) is 0 Å². The van der Waals surface area contributed by atoms with Gasteiger partial charge in [-0.05, 0) is 55.3 Å². The number of rotatable bonds is 3. The Morgan fingerprint density at radius 1 is 1.22 bits per heavy atom. The lowest BCUT2D eigenvalue weighted by Crippen LogP contribution is -2.08. The standard InChI is InChI=1S/C16H16N4OS2/c1-8-2-5-10-11(6-8)22-14-12(10)15(18-7-17-14)23-16-20-19-13(21-16)9-3-4-9/h7-9H,2-6H2,1H3/t8-/m1/s1. The van der Waals surface area contributed by atoms with Crippen LogP contribution in [0.1, 0.15) is 48.4 Å². The molecule has 0 radical (unpaired) electrons. The predicted molar refractivity (Wildman–Crippen MR) is 89.0 cm³/mol. The summed E-state index contributed by atoms with van der Waals surface area (Å²) in [4.78, 5) is 11.6. The van der Waals surface area contributed by atoms with Gasteiger partial charge in [-0.2, -0.15) is 0 Å². The molecule has 0 bridgehead atoms. The lowest BCUT2D eigenvalue weighted by Gasteiger charge is -2.17. The summed E-state index contributed by atoms with van der Waals surface area (Å²) < 4.78 is 5.78. The summed E-state index contributed by atoms with van der Waals surface area (Å²) in [6, 6.07) is 0. The second-order valence-corrected chi connectivity index (χ2v) is 8.52. The van der Waals surface area contributed by atoms with Gasteiger partial charge in [0.15, 0.2) is 0 Å². The van der Waals surface area contributed by atoms with Gasteiger partial charge < -0.3 is 4.42 Å². The van der Waals surface area contributed by atoms with Gasteiger partial charge in [0.25, 0.3) is 5.22 Å². The molecule has 0 N–H and O–H groups in total. The maximum absolute atomic E-state index is 5.78. The Hall–Kier alpha value is -1.47. The van der Waals surface area contributed by atoms with E-state index in [1.807, 2.05) is 11.3 Å². The van der Waals surface area contributed by atoms with Crippen LogP contribution in [0.5, 0.6) is 0 Å². The summed E-state index contributed by atoms with van der Waals surface area (Å²) in [7, 11) is 0. The van der Waals surface area contributed by atoms with Crippen LogP contribution in [0.15, 0.2) is 21.0 Å². The van der Waals surface area contributed by atoms with Crippen LogP contribution in [0.3, 0.4) is 0 Å². The van der Waals surface area contributed by atoms with E-state index < -0.39 is 0 Å². The van der Waals surface area contributed by atoms with Gasteiger partial charge in [-0.25, -0.2) is 9.97 Å². The smallest absolute Gasteiger partial charge is 0.282 e. The molecule has 1 saturated carbocycles. The molecule has 23 heavy (non-hydrogen) atoms. The third kappa shape index (κ3) is 2.46. The van der Waals surface area contributed by atoms with Crippen molar-refractivity contribution in [3.63, 3.8) is 0 Å². The van der Waals surface area contributed by atoms with E-state index in [1.165, 1.54) is 46.9 Å². The van der Waals surface area contributed by atoms with Crippen LogP contribution in [0.2, 0.25) is 0 Å². The fourth-order valence-electron chi connectivity index (χ4n) is 3.16. The molecular weight excluding hydrogens is 328 g/mol. The largest absolute Gasteiger partial charge is 0.415 e. The Bertz CT molecular complexity index is 883. The number of hydrogen-bond acceptors (Lipinski definition) is 7. The molecule has 3 aromatic heterocycles. The van der Waals surface area contributed by atoms with Crippen molar-refractivity contribution in [2.75, 3.05) is 0 Å². The Balaban J connectivity index is 1.55. The molecule has 5 nitrogen and oxygen atoms in total. The van der Waals surface area contributed by atoms with E-state index in [4.69, 9.17) is 4.42 Å². The van der Waals surface area contributed by atoms with Crippen LogP contribution in [-0.2, 0) is 12.8 Å². The number of nitrogens with zero attached hydrogens (tertiary/aromatic N) is 4. The molecule has 0 amide bonds. The van der Waals surface area contributed by atoms with Crippen LogP contribution < -0.4 is 0 Å². The fourth-order valence-corrected chi connectivity index (χ4v) is 5.37. The Kier molecular flexibility index (Phi) is 3.19. The Labute approximate surface area is 141 Å².